The Bertz CT molecular complexity index is 1150. The zero-order valence-corrected chi connectivity index (χ0v) is 18.1. The highest BCUT2D eigenvalue weighted by molar-refractivity contribution is 6.12. The maximum absolute atomic E-state index is 12.3. The second-order valence-electron chi connectivity index (χ2n) is 7.09. The molecule has 0 heterocycles. The SMILES string of the molecule is C=CCOC(=O)Oc1c2ccccc2c(OC(=O)OCC=C)c2cc(CCCC)ccc12. The van der Waals surface area contributed by atoms with E-state index in [0.29, 0.717) is 33.0 Å². The summed E-state index contributed by atoms with van der Waals surface area (Å²) in [5, 5.41) is 2.46. The predicted molar refractivity (Wildman–Crippen MR) is 124 cm³/mol. The summed E-state index contributed by atoms with van der Waals surface area (Å²) in [5.74, 6) is 0.674. The molecule has 0 bridgehead atoms. The molecule has 0 spiro atoms. The molecule has 0 aliphatic carbocycles. The van der Waals surface area contributed by atoms with Gasteiger partial charge in [0.1, 0.15) is 24.7 Å². The second kappa shape index (κ2) is 11.0. The van der Waals surface area contributed by atoms with Crippen molar-refractivity contribution in [1.29, 1.82) is 0 Å². The number of carbonyl (C=O) groups is 2. The molecule has 166 valence electrons. The molecule has 3 aromatic rings. The molecule has 0 atom stereocenters. The molecule has 0 saturated carbocycles. The van der Waals surface area contributed by atoms with Gasteiger partial charge in [-0.2, -0.15) is 0 Å². The Hall–Kier alpha value is -3.80. The van der Waals surface area contributed by atoms with Gasteiger partial charge in [-0.3, -0.25) is 0 Å². The summed E-state index contributed by atoms with van der Waals surface area (Å²) in [6.07, 6.45) is 4.19. The minimum absolute atomic E-state index is 0.0339. The zero-order valence-electron chi connectivity index (χ0n) is 18.1. The third kappa shape index (κ3) is 5.27. The Balaban J connectivity index is 2.20. The first-order valence-corrected chi connectivity index (χ1v) is 10.5. The van der Waals surface area contributed by atoms with Crippen LogP contribution in [-0.2, 0) is 15.9 Å². The molecule has 0 saturated heterocycles. The largest absolute Gasteiger partial charge is 0.514 e. The fourth-order valence-electron chi connectivity index (χ4n) is 3.38. The molecule has 0 fully saturated rings. The number of hydrogen-bond acceptors (Lipinski definition) is 6. The quantitative estimate of drug-likeness (QED) is 0.161. The number of fused-ring (bicyclic) bond motifs is 2. The van der Waals surface area contributed by atoms with Crippen molar-refractivity contribution in [3.8, 4) is 11.5 Å². The van der Waals surface area contributed by atoms with Gasteiger partial charge >= 0.3 is 12.3 Å². The normalized spacial score (nSPS) is 10.5. The average Bonchev–Trinajstić information content (AvgIpc) is 2.81. The first kappa shape index (κ1) is 22.9. The van der Waals surface area contributed by atoms with Gasteiger partial charge in [0, 0.05) is 21.5 Å². The summed E-state index contributed by atoms with van der Waals surface area (Å²) in [5.41, 5.74) is 1.08. The van der Waals surface area contributed by atoms with E-state index in [9.17, 15) is 9.59 Å². The van der Waals surface area contributed by atoms with Crippen LogP contribution < -0.4 is 9.47 Å². The monoisotopic (exact) mass is 434 g/mol. The highest BCUT2D eigenvalue weighted by Gasteiger charge is 2.21. The van der Waals surface area contributed by atoms with Crippen LogP contribution in [0.4, 0.5) is 9.59 Å². The van der Waals surface area contributed by atoms with Crippen molar-refractivity contribution in [3.05, 3.63) is 73.3 Å². The number of carbonyl (C=O) groups excluding carboxylic acids is 2. The van der Waals surface area contributed by atoms with Crippen LogP contribution >= 0.6 is 0 Å². The Kier molecular flexibility index (Phi) is 7.86. The van der Waals surface area contributed by atoms with Crippen LogP contribution in [0, 0.1) is 0 Å². The van der Waals surface area contributed by atoms with Crippen LogP contribution in [0.2, 0.25) is 0 Å². The summed E-state index contributed by atoms with van der Waals surface area (Å²) in [6, 6.07) is 13.0. The molecule has 0 aromatic heterocycles. The van der Waals surface area contributed by atoms with Gasteiger partial charge < -0.3 is 18.9 Å². The van der Waals surface area contributed by atoms with E-state index in [1.807, 2.05) is 30.3 Å². The molecular weight excluding hydrogens is 408 g/mol. The van der Waals surface area contributed by atoms with Crippen molar-refractivity contribution >= 4 is 33.9 Å². The van der Waals surface area contributed by atoms with Crippen LogP contribution in [0.15, 0.2) is 67.8 Å². The summed E-state index contributed by atoms with van der Waals surface area (Å²) >= 11 is 0. The van der Waals surface area contributed by atoms with Gasteiger partial charge in [-0.15, -0.1) is 0 Å². The molecule has 6 heteroatoms. The molecule has 0 aliphatic heterocycles. The smallest absolute Gasteiger partial charge is 0.430 e. The van der Waals surface area contributed by atoms with Crippen molar-refractivity contribution in [1.82, 2.24) is 0 Å². The molecular formula is C26H26O6. The van der Waals surface area contributed by atoms with E-state index in [1.54, 1.807) is 12.1 Å². The Morgan fingerprint density at radius 1 is 0.812 bits per heavy atom. The minimum Gasteiger partial charge on any atom is -0.430 e. The first-order valence-electron chi connectivity index (χ1n) is 10.5. The molecule has 0 amide bonds. The fourth-order valence-corrected chi connectivity index (χ4v) is 3.38. The van der Waals surface area contributed by atoms with Crippen molar-refractivity contribution in [2.45, 2.75) is 26.2 Å². The van der Waals surface area contributed by atoms with Crippen LogP contribution in [-0.4, -0.2) is 25.5 Å². The average molecular weight is 434 g/mol. The van der Waals surface area contributed by atoms with Crippen molar-refractivity contribution in [3.63, 3.8) is 0 Å². The van der Waals surface area contributed by atoms with Crippen molar-refractivity contribution < 1.29 is 28.5 Å². The molecule has 6 nitrogen and oxygen atoms in total. The van der Waals surface area contributed by atoms with Crippen LogP contribution in [0.25, 0.3) is 21.5 Å². The van der Waals surface area contributed by atoms with Crippen molar-refractivity contribution in [2.75, 3.05) is 13.2 Å². The van der Waals surface area contributed by atoms with Gasteiger partial charge in [0.15, 0.2) is 0 Å². The van der Waals surface area contributed by atoms with E-state index in [1.165, 1.54) is 12.2 Å². The van der Waals surface area contributed by atoms with Gasteiger partial charge in [0.2, 0.25) is 0 Å². The standard InChI is InChI=1S/C26H26O6/c1-4-7-10-18-13-14-21-22(17-18)24(32-26(28)30-16-6-3)20-12-9-8-11-19(20)23(21)31-25(27)29-15-5-2/h5-6,8-9,11-14,17H,2-4,7,10,15-16H2,1H3. The van der Waals surface area contributed by atoms with Crippen molar-refractivity contribution in [2.24, 2.45) is 0 Å². The maximum atomic E-state index is 12.3. The number of hydrogen-bond donors (Lipinski definition) is 0. The van der Waals surface area contributed by atoms with Gasteiger partial charge in [-0.1, -0.05) is 75.1 Å². The highest BCUT2D eigenvalue weighted by Crippen LogP contribution is 2.43. The lowest BCUT2D eigenvalue weighted by Gasteiger charge is -2.17. The van der Waals surface area contributed by atoms with E-state index in [0.717, 1.165) is 24.8 Å². The van der Waals surface area contributed by atoms with Crippen LogP contribution in [0.5, 0.6) is 11.5 Å². The lowest BCUT2D eigenvalue weighted by atomic mass is 9.97. The number of rotatable bonds is 9. The van der Waals surface area contributed by atoms with E-state index in [4.69, 9.17) is 18.9 Å². The highest BCUT2D eigenvalue weighted by atomic mass is 16.7. The van der Waals surface area contributed by atoms with Gasteiger partial charge in [-0.25, -0.2) is 9.59 Å². The zero-order chi connectivity index (χ0) is 22.9. The van der Waals surface area contributed by atoms with Gasteiger partial charge in [-0.05, 0) is 24.5 Å². The lowest BCUT2D eigenvalue weighted by molar-refractivity contribution is 0.109. The van der Waals surface area contributed by atoms with Crippen LogP contribution in [0.1, 0.15) is 25.3 Å². The topological polar surface area (TPSA) is 71.1 Å². The third-order valence-electron chi connectivity index (χ3n) is 4.82. The molecule has 0 aliphatic rings. The Morgan fingerprint density at radius 3 is 1.88 bits per heavy atom. The van der Waals surface area contributed by atoms with E-state index in [2.05, 4.69) is 20.1 Å². The van der Waals surface area contributed by atoms with Gasteiger partial charge in [0.05, 0.1) is 0 Å². The minimum atomic E-state index is -0.842. The summed E-state index contributed by atoms with van der Waals surface area (Å²) in [6.45, 7) is 9.27. The number of aryl methyl sites for hydroxylation is 1. The van der Waals surface area contributed by atoms with E-state index >= 15 is 0 Å². The predicted octanol–water partition coefficient (Wildman–Crippen LogP) is 6.74. The Morgan fingerprint density at radius 2 is 1.34 bits per heavy atom. The summed E-state index contributed by atoms with van der Waals surface area (Å²) < 4.78 is 21.3. The molecule has 3 aromatic carbocycles. The first-order chi connectivity index (χ1) is 15.6. The third-order valence-corrected chi connectivity index (χ3v) is 4.82. The molecule has 3 rings (SSSR count). The maximum Gasteiger partial charge on any atom is 0.514 e. The molecule has 32 heavy (non-hydrogen) atoms. The molecule has 0 unspecified atom stereocenters. The van der Waals surface area contributed by atoms with Crippen LogP contribution in [0.3, 0.4) is 0 Å². The summed E-state index contributed by atoms with van der Waals surface area (Å²) in [7, 11) is 0. The van der Waals surface area contributed by atoms with E-state index < -0.39 is 12.3 Å². The summed E-state index contributed by atoms with van der Waals surface area (Å²) in [4.78, 5) is 24.5. The lowest BCUT2D eigenvalue weighted by Crippen LogP contribution is -2.13. The fraction of sp³-hybridized carbons (Fsp3) is 0.231. The number of benzene rings is 3. The number of unbranched alkanes of at least 4 members (excludes halogenated alkanes) is 1. The second-order valence-corrected chi connectivity index (χ2v) is 7.09. The molecule has 0 N–H and O–H groups in total. The van der Waals surface area contributed by atoms with Gasteiger partial charge in [0.25, 0.3) is 0 Å². The Labute approximate surface area is 187 Å². The van der Waals surface area contributed by atoms with E-state index in [-0.39, 0.29) is 13.2 Å². The number of ether oxygens (including phenoxy) is 4. The molecule has 0 radical (unpaired) electrons.